The van der Waals surface area contributed by atoms with Gasteiger partial charge in [0.05, 0.1) is 16.4 Å². The molecular weight excluding hydrogens is 376 g/mol. The summed E-state index contributed by atoms with van der Waals surface area (Å²) in [6, 6.07) is 9.56. The molecule has 0 radical (unpaired) electrons. The summed E-state index contributed by atoms with van der Waals surface area (Å²) in [7, 11) is 0. The van der Waals surface area contributed by atoms with Gasteiger partial charge in [-0.3, -0.25) is 9.78 Å². The van der Waals surface area contributed by atoms with Gasteiger partial charge in [0.1, 0.15) is 0 Å². The van der Waals surface area contributed by atoms with Crippen molar-refractivity contribution in [1.82, 2.24) is 30.5 Å². The minimum Gasteiger partial charge on any atom is -0.349 e. The predicted molar refractivity (Wildman–Crippen MR) is 104 cm³/mol. The Bertz CT molecular complexity index is 1020. The molecule has 1 N–H and O–H groups in total. The first kappa shape index (κ1) is 17.3. The summed E-state index contributed by atoms with van der Waals surface area (Å²) in [5.74, 6) is 1.39. The Balaban J connectivity index is 1.57. The fourth-order valence-electron chi connectivity index (χ4n) is 3.17. The van der Waals surface area contributed by atoms with Crippen molar-refractivity contribution in [3.05, 3.63) is 52.9 Å². The van der Waals surface area contributed by atoms with Gasteiger partial charge in [0, 0.05) is 29.8 Å². The van der Waals surface area contributed by atoms with E-state index in [-0.39, 0.29) is 11.9 Å². The average Bonchev–Trinajstić information content (AvgIpc) is 3.62. The van der Waals surface area contributed by atoms with Crippen molar-refractivity contribution in [2.45, 2.75) is 38.1 Å². The topological polar surface area (TPSA) is 85.6 Å². The van der Waals surface area contributed by atoms with Crippen molar-refractivity contribution in [2.24, 2.45) is 5.92 Å². The van der Waals surface area contributed by atoms with Gasteiger partial charge in [-0.05, 0) is 72.4 Å². The van der Waals surface area contributed by atoms with Crippen LogP contribution in [0.3, 0.4) is 0 Å². The lowest BCUT2D eigenvalue weighted by atomic mass is 10.0. The number of halogens is 1. The number of tetrazole rings is 1. The molecule has 2 aliphatic carbocycles. The summed E-state index contributed by atoms with van der Waals surface area (Å²) < 4.78 is 1.73. The molecule has 0 spiro atoms. The van der Waals surface area contributed by atoms with Crippen molar-refractivity contribution in [2.75, 3.05) is 0 Å². The van der Waals surface area contributed by atoms with Gasteiger partial charge in [-0.2, -0.15) is 4.68 Å². The molecule has 28 heavy (non-hydrogen) atoms. The summed E-state index contributed by atoms with van der Waals surface area (Å²) in [6.07, 6.45) is 6.96. The van der Waals surface area contributed by atoms with Crippen LogP contribution in [0.1, 0.15) is 41.9 Å². The number of carbonyl (C=O) groups is 1. The van der Waals surface area contributed by atoms with Gasteiger partial charge in [0.2, 0.25) is 0 Å². The van der Waals surface area contributed by atoms with E-state index in [9.17, 15) is 4.79 Å². The Hall–Kier alpha value is -2.80. The second-order valence-corrected chi connectivity index (χ2v) is 7.97. The van der Waals surface area contributed by atoms with E-state index in [0.717, 1.165) is 42.0 Å². The van der Waals surface area contributed by atoms with Crippen LogP contribution in [0.2, 0.25) is 5.02 Å². The van der Waals surface area contributed by atoms with E-state index in [1.54, 1.807) is 16.9 Å². The molecule has 2 saturated carbocycles. The Labute approximate surface area is 167 Å². The molecule has 2 heterocycles. The Morgan fingerprint density at radius 3 is 2.75 bits per heavy atom. The molecule has 2 fully saturated rings. The van der Waals surface area contributed by atoms with Crippen molar-refractivity contribution in [3.63, 3.8) is 0 Å². The zero-order chi connectivity index (χ0) is 19.1. The molecule has 0 unspecified atom stereocenters. The number of aromatic nitrogens is 5. The molecule has 8 heteroatoms. The van der Waals surface area contributed by atoms with Gasteiger partial charge in [-0.15, -0.1) is 5.10 Å². The van der Waals surface area contributed by atoms with E-state index in [0.29, 0.717) is 16.5 Å². The molecular formula is C20H19ClN6O. The zero-order valence-corrected chi connectivity index (χ0v) is 15.9. The number of nitrogens with zero attached hydrogens (tertiary/aromatic N) is 5. The number of nitrogens with one attached hydrogen (secondary N) is 1. The standard InChI is InChI=1S/C20H19ClN6O/c21-15-3-6-18(22-11-15)13-8-14(20(28)23-16-4-5-16)10-17(9-13)27-19(24-25-26-27)7-12-1-2-12/h3,6,8-12,16H,1-2,4-5,7H2,(H,23,28). The van der Waals surface area contributed by atoms with Crippen LogP contribution in [0.15, 0.2) is 36.5 Å². The second kappa shape index (κ2) is 6.98. The smallest absolute Gasteiger partial charge is 0.251 e. The largest absolute Gasteiger partial charge is 0.349 e. The zero-order valence-electron chi connectivity index (χ0n) is 15.2. The summed E-state index contributed by atoms with van der Waals surface area (Å²) in [4.78, 5) is 17.1. The first-order valence-corrected chi connectivity index (χ1v) is 9.89. The van der Waals surface area contributed by atoms with E-state index in [1.165, 1.54) is 12.8 Å². The van der Waals surface area contributed by atoms with Crippen molar-refractivity contribution < 1.29 is 4.79 Å². The number of hydrogen-bond donors (Lipinski definition) is 1. The van der Waals surface area contributed by atoms with Crippen LogP contribution in [0.5, 0.6) is 0 Å². The van der Waals surface area contributed by atoms with Gasteiger partial charge >= 0.3 is 0 Å². The Morgan fingerprint density at radius 1 is 1.18 bits per heavy atom. The molecule has 0 aliphatic heterocycles. The van der Waals surface area contributed by atoms with Crippen molar-refractivity contribution in [1.29, 1.82) is 0 Å². The fourth-order valence-corrected chi connectivity index (χ4v) is 3.28. The van der Waals surface area contributed by atoms with E-state index < -0.39 is 0 Å². The lowest BCUT2D eigenvalue weighted by Gasteiger charge is -2.11. The molecule has 5 rings (SSSR count). The molecule has 3 aromatic rings. The fraction of sp³-hybridized carbons (Fsp3) is 0.350. The molecule has 0 bridgehead atoms. The van der Waals surface area contributed by atoms with Gasteiger partial charge in [0.25, 0.3) is 5.91 Å². The molecule has 1 aromatic carbocycles. The summed E-state index contributed by atoms with van der Waals surface area (Å²) in [5, 5.41) is 15.8. The highest BCUT2D eigenvalue weighted by Crippen LogP contribution is 2.32. The first-order chi connectivity index (χ1) is 13.7. The third-order valence-corrected chi connectivity index (χ3v) is 5.29. The third-order valence-electron chi connectivity index (χ3n) is 5.06. The summed E-state index contributed by atoms with van der Waals surface area (Å²) in [5.41, 5.74) is 2.89. The van der Waals surface area contributed by atoms with Gasteiger partial charge in [-0.25, -0.2) is 0 Å². The molecule has 1 amide bonds. The number of amides is 1. The first-order valence-electron chi connectivity index (χ1n) is 9.51. The summed E-state index contributed by atoms with van der Waals surface area (Å²) >= 11 is 5.98. The highest BCUT2D eigenvalue weighted by Gasteiger charge is 2.26. The summed E-state index contributed by atoms with van der Waals surface area (Å²) in [6.45, 7) is 0. The van der Waals surface area contributed by atoms with Crippen LogP contribution in [0.25, 0.3) is 16.9 Å². The molecule has 2 aromatic heterocycles. The molecule has 7 nitrogen and oxygen atoms in total. The SMILES string of the molecule is O=C(NC1CC1)c1cc(-c2ccc(Cl)cn2)cc(-n2nnnc2CC2CC2)c1. The maximum atomic E-state index is 12.7. The maximum absolute atomic E-state index is 12.7. The number of pyridine rings is 1. The van der Waals surface area contributed by atoms with Crippen LogP contribution >= 0.6 is 11.6 Å². The average molecular weight is 395 g/mol. The minimum absolute atomic E-state index is 0.0867. The van der Waals surface area contributed by atoms with Gasteiger partial charge in [0.15, 0.2) is 5.82 Å². The predicted octanol–water partition coefficient (Wildman–Crippen LogP) is 3.22. The highest BCUT2D eigenvalue weighted by molar-refractivity contribution is 6.30. The van der Waals surface area contributed by atoms with Crippen LogP contribution in [0.4, 0.5) is 0 Å². The lowest BCUT2D eigenvalue weighted by Crippen LogP contribution is -2.25. The van der Waals surface area contributed by atoms with Gasteiger partial charge < -0.3 is 5.32 Å². The van der Waals surface area contributed by atoms with E-state index >= 15 is 0 Å². The Morgan fingerprint density at radius 2 is 2.04 bits per heavy atom. The second-order valence-electron chi connectivity index (χ2n) is 7.53. The van der Waals surface area contributed by atoms with E-state index in [4.69, 9.17) is 11.6 Å². The highest BCUT2D eigenvalue weighted by atomic mass is 35.5. The van der Waals surface area contributed by atoms with Crippen LogP contribution < -0.4 is 5.32 Å². The van der Waals surface area contributed by atoms with E-state index in [2.05, 4.69) is 25.8 Å². The third kappa shape index (κ3) is 3.75. The molecule has 142 valence electrons. The number of hydrogen-bond acceptors (Lipinski definition) is 5. The molecule has 0 saturated heterocycles. The van der Waals surface area contributed by atoms with Crippen LogP contribution in [-0.2, 0) is 6.42 Å². The van der Waals surface area contributed by atoms with Crippen LogP contribution in [0, 0.1) is 5.92 Å². The van der Waals surface area contributed by atoms with Crippen LogP contribution in [-0.4, -0.2) is 37.1 Å². The quantitative estimate of drug-likeness (QED) is 0.693. The normalized spacial score (nSPS) is 16.2. The number of benzene rings is 1. The van der Waals surface area contributed by atoms with E-state index in [1.807, 2.05) is 24.3 Å². The molecule has 0 atom stereocenters. The minimum atomic E-state index is -0.0867. The Kier molecular flexibility index (Phi) is 4.31. The lowest BCUT2D eigenvalue weighted by molar-refractivity contribution is 0.0951. The molecule has 2 aliphatic rings. The maximum Gasteiger partial charge on any atom is 0.251 e. The number of carbonyl (C=O) groups excluding carboxylic acids is 1. The monoisotopic (exact) mass is 394 g/mol. The van der Waals surface area contributed by atoms with Gasteiger partial charge in [-0.1, -0.05) is 11.6 Å². The van der Waals surface area contributed by atoms with Crippen molar-refractivity contribution >= 4 is 17.5 Å². The number of rotatable bonds is 6. The van der Waals surface area contributed by atoms with Crippen molar-refractivity contribution in [3.8, 4) is 16.9 Å².